The van der Waals surface area contributed by atoms with Crippen LogP contribution in [0.5, 0.6) is 0 Å². The van der Waals surface area contributed by atoms with Crippen molar-refractivity contribution in [3.63, 3.8) is 0 Å². The van der Waals surface area contributed by atoms with Gasteiger partial charge in [-0.15, -0.1) is 0 Å². The zero-order valence-electron chi connectivity index (χ0n) is 13.9. The van der Waals surface area contributed by atoms with Crippen molar-refractivity contribution in [2.45, 2.75) is 78.8 Å². The first-order valence-electron chi connectivity index (χ1n) is 8.50. The predicted octanol–water partition coefficient (Wildman–Crippen LogP) is 3.91. The monoisotopic (exact) mass is 268 g/mol. The minimum atomic E-state index is 0.734. The highest BCUT2D eigenvalue weighted by atomic mass is 15.2. The summed E-state index contributed by atoms with van der Waals surface area (Å²) in [5.41, 5.74) is 0. The van der Waals surface area contributed by atoms with Gasteiger partial charge in [-0.2, -0.15) is 0 Å². The van der Waals surface area contributed by atoms with Gasteiger partial charge in [0.2, 0.25) is 0 Å². The zero-order valence-corrected chi connectivity index (χ0v) is 13.9. The second-order valence-electron chi connectivity index (χ2n) is 7.15. The lowest BCUT2D eigenvalue weighted by Gasteiger charge is -2.32. The molecule has 0 aromatic rings. The van der Waals surface area contributed by atoms with Crippen LogP contribution in [0.3, 0.4) is 0 Å². The molecule has 2 heteroatoms. The molecule has 1 aliphatic rings. The van der Waals surface area contributed by atoms with E-state index in [9.17, 15) is 0 Å². The van der Waals surface area contributed by atoms with Crippen molar-refractivity contribution in [3.8, 4) is 0 Å². The van der Waals surface area contributed by atoms with Gasteiger partial charge in [-0.25, -0.2) is 0 Å². The molecule has 2 nitrogen and oxygen atoms in total. The van der Waals surface area contributed by atoms with Crippen LogP contribution < -0.4 is 5.32 Å². The lowest BCUT2D eigenvalue weighted by atomic mass is 10.1. The third-order valence-electron chi connectivity index (χ3n) is 4.19. The molecule has 114 valence electrons. The maximum atomic E-state index is 3.72. The van der Waals surface area contributed by atoms with Gasteiger partial charge < -0.3 is 5.32 Å². The van der Waals surface area contributed by atoms with Crippen LogP contribution in [-0.2, 0) is 0 Å². The second kappa shape index (κ2) is 8.97. The van der Waals surface area contributed by atoms with Crippen molar-refractivity contribution in [1.82, 2.24) is 10.2 Å². The second-order valence-corrected chi connectivity index (χ2v) is 7.15. The molecule has 0 heterocycles. The Labute approximate surface area is 121 Å². The number of nitrogens with zero attached hydrogens (tertiary/aromatic N) is 1. The molecule has 0 amide bonds. The molecule has 1 unspecified atom stereocenters. The molecule has 0 bridgehead atoms. The number of nitrogens with one attached hydrogen (secondary N) is 1. The van der Waals surface area contributed by atoms with Gasteiger partial charge in [0.1, 0.15) is 0 Å². The summed E-state index contributed by atoms with van der Waals surface area (Å²) in [6.07, 6.45) is 6.73. The summed E-state index contributed by atoms with van der Waals surface area (Å²) in [5.74, 6) is 1.63. The summed E-state index contributed by atoms with van der Waals surface area (Å²) in [7, 11) is 0. The van der Waals surface area contributed by atoms with Crippen LogP contribution in [0.2, 0.25) is 0 Å². The van der Waals surface area contributed by atoms with E-state index in [2.05, 4.69) is 44.8 Å². The van der Waals surface area contributed by atoms with Crippen molar-refractivity contribution in [1.29, 1.82) is 0 Å². The van der Waals surface area contributed by atoms with Crippen molar-refractivity contribution >= 4 is 0 Å². The Bertz CT molecular complexity index is 209. The molecule has 1 rings (SSSR count). The molecule has 0 aromatic carbocycles. The molecule has 0 saturated heterocycles. The van der Waals surface area contributed by atoms with E-state index >= 15 is 0 Å². The average molecular weight is 268 g/mol. The third-order valence-corrected chi connectivity index (χ3v) is 4.19. The molecule has 0 aliphatic heterocycles. The van der Waals surface area contributed by atoms with Gasteiger partial charge in [0.05, 0.1) is 0 Å². The van der Waals surface area contributed by atoms with Gasteiger partial charge in [-0.1, -0.05) is 34.6 Å². The maximum absolute atomic E-state index is 3.72. The van der Waals surface area contributed by atoms with Gasteiger partial charge in [-0.3, -0.25) is 4.90 Å². The summed E-state index contributed by atoms with van der Waals surface area (Å²) < 4.78 is 0. The quantitative estimate of drug-likeness (QED) is 0.611. The molecule has 0 aromatic heterocycles. The first-order chi connectivity index (χ1) is 9.02. The highest BCUT2D eigenvalue weighted by Crippen LogP contribution is 2.19. The van der Waals surface area contributed by atoms with Gasteiger partial charge in [-0.05, 0) is 57.0 Å². The molecule has 1 fully saturated rings. The van der Waals surface area contributed by atoms with Crippen LogP contribution in [0.15, 0.2) is 0 Å². The summed E-state index contributed by atoms with van der Waals surface area (Å²) in [6.45, 7) is 15.4. The van der Waals surface area contributed by atoms with E-state index < -0.39 is 0 Å². The number of rotatable bonds is 11. The standard InChI is InChI=1S/C17H36N2/c1-6-17(13-18-16-7-8-16)19(11-9-14(2)3)12-10-15(4)5/h14-18H,6-13H2,1-5H3. The summed E-state index contributed by atoms with van der Waals surface area (Å²) in [4.78, 5) is 2.75. The molecule has 1 aliphatic carbocycles. The molecular formula is C17H36N2. The summed E-state index contributed by atoms with van der Waals surface area (Å²) in [6, 6.07) is 1.57. The van der Waals surface area contributed by atoms with Crippen molar-refractivity contribution < 1.29 is 0 Å². The molecule has 1 N–H and O–H groups in total. The normalized spacial score (nSPS) is 17.7. The molecule has 0 radical (unpaired) electrons. The topological polar surface area (TPSA) is 15.3 Å². The van der Waals surface area contributed by atoms with Crippen molar-refractivity contribution in [2.75, 3.05) is 19.6 Å². The fourth-order valence-corrected chi connectivity index (χ4v) is 2.45. The third kappa shape index (κ3) is 7.94. The Morgan fingerprint density at radius 1 is 1.00 bits per heavy atom. The predicted molar refractivity (Wildman–Crippen MR) is 85.6 cm³/mol. The van der Waals surface area contributed by atoms with Crippen molar-refractivity contribution in [2.24, 2.45) is 11.8 Å². The average Bonchev–Trinajstić information content (AvgIpc) is 3.15. The minimum absolute atomic E-state index is 0.734. The fourth-order valence-electron chi connectivity index (χ4n) is 2.45. The van der Waals surface area contributed by atoms with E-state index in [0.717, 1.165) is 23.9 Å². The largest absolute Gasteiger partial charge is 0.312 e. The molecule has 0 spiro atoms. The zero-order chi connectivity index (χ0) is 14.3. The lowest BCUT2D eigenvalue weighted by Crippen LogP contribution is -2.44. The Hall–Kier alpha value is -0.0800. The molecule has 19 heavy (non-hydrogen) atoms. The van der Waals surface area contributed by atoms with Crippen LogP contribution in [0.25, 0.3) is 0 Å². The van der Waals surface area contributed by atoms with Crippen LogP contribution in [0, 0.1) is 11.8 Å². The Balaban J connectivity index is 2.40. The van der Waals surface area contributed by atoms with Gasteiger partial charge in [0.25, 0.3) is 0 Å². The first-order valence-corrected chi connectivity index (χ1v) is 8.50. The van der Waals surface area contributed by atoms with Gasteiger partial charge in [0, 0.05) is 18.6 Å². The lowest BCUT2D eigenvalue weighted by molar-refractivity contribution is 0.168. The maximum Gasteiger partial charge on any atom is 0.0218 e. The van der Waals surface area contributed by atoms with E-state index in [1.165, 1.54) is 51.7 Å². The van der Waals surface area contributed by atoms with Crippen LogP contribution in [0.1, 0.15) is 66.7 Å². The first kappa shape index (κ1) is 17.0. The van der Waals surface area contributed by atoms with Crippen molar-refractivity contribution in [3.05, 3.63) is 0 Å². The Morgan fingerprint density at radius 3 is 1.89 bits per heavy atom. The smallest absolute Gasteiger partial charge is 0.0218 e. The van der Waals surface area contributed by atoms with Crippen LogP contribution >= 0.6 is 0 Å². The summed E-state index contributed by atoms with van der Waals surface area (Å²) in [5, 5.41) is 3.72. The van der Waals surface area contributed by atoms with Gasteiger partial charge >= 0.3 is 0 Å². The summed E-state index contributed by atoms with van der Waals surface area (Å²) >= 11 is 0. The van der Waals surface area contributed by atoms with Gasteiger partial charge in [0.15, 0.2) is 0 Å². The van der Waals surface area contributed by atoms with Crippen LogP contribution in [-0.4, -0.2) is 36.6 Å². The number of hydrogen-bond donors (Lipinski definition) is 1. The van der Waals surface area contributed by atoms with E-state index in [4.69, 9.17) is 0 Å². The SMILES string of the molecule is CCC(CNC1CC1)N(CCC(C)C)CCC(C)C. The van der Waals surface area contributed by atoms with E-state index in [0.29, 0.717) is 0 Å². The minimum Gasteiger partial charge on any atom is -0.312 e. The molecule has 1 atom stereocenters. The van der Waals surface area contributed by atoms with E-state index in [-0.39, 0.29) is 0 Å². The Kier molecular flexibility index (Phi) is 8.01. The fraction of sp³-hybridized carbons (Fsp3) is 1.00. The van der Waals surface area contributed by atoms with Crippen LogP contribution in [0.4, 0.5) is 0 Å². The highest BCUT2D eigenvalue weighted by Gasteiger charge is 2.23. The Morgan fingerprint density at radius 2 is 1.53 bits per heavy atom. The molecule has 1 saturated carbocycles. The van der Waals surface area contributed by atoms with E-state index in [1.807, 2.05) is 0 Å². The van der Waals surface area contributed by atoms with E-state index in [1.54, 1.807) is 0 Å². The highest BCUT2D eigenvalue weighted by molar-refractivity contribution is 4.84. The molecular weight excluding hydrogens is 232 g/mol. The number of hydrogen-bond acceptors (Lipinski definition) is 2.